The molecule has 0 aromatic heterocycles. The number of benzene rings is 1. The lowest BCUT2D eigenvalue weighted by Gasteiger charge is -2.11. The average molecular weight is 270 g/mol. The third-order valence-corrected chi connectivity index (χ3v) is 2.93. The second-order valence-electron chi connectivity index (χ2n) is 2.91. The van der Waals surface area contributed by atoms with E-state index in [-0.39, 0.29) is 0 Å². The highest BCUT2D eigenvalue weighted by molar-refractivity contribution is 9.10. The van der Waals surface area contributed by atoms with Crippen molar-refractivity contribution in [1.82, 2.24) is 0 Å². The van der Waals surface area contributed by atoms with Crippen molar-refractivity contribution in [2.45, 2.75) is 6.42 Å². The highest BCUT2D eigenvalue weighted by atomic mass is 79.9. The summed E-state index contributed by atoms with van der Waals surface area (Å²) in [6.45, 7) is 7.23. The lowest BCUT2D eigenvalue weighted by Crippen LogP contribution is -1.96. The van der Waals surface area contributed by atoms with Crippen LogP contribution in [-0.4, -0.2) is 20.8 Å². The summed E-state index contributed by atoms with van der Waals surface area (Å²) in [6.07, 6.45) is 0.713. The minimum Gasteiger partial charge on any atom is -0.493 e. The van der Waals surface area contributed by atoms with Crippen molar-refractivity contribution in [3.8, 4) is 11.5 Å². The lowest BCUT2D eigenvalue weighted by molar-refractivity contribution is 0.352. The second kappa shape index (κ2) is 5.62. The molecule has 0 radical (unpaired) electrons. The van der Waals surface area contributed by atoms with E-state index in [0.717, 1.165) is 10.0 Å². The topological polar surface area (TPSA) is 22.8 Å². The van der Waals surface area contributed by atoms with E-state index >= 15 is 0 Å². The van der Waals surface area contributed by atoms with Crippen LogP contribution in [0.3, 0.4) is 0 Å². The summed E-state index contributed by atoms with van der Waals surface area (Å²) in [5.41, 5.74) is 1.06. The van der Waals surface area contributed by atoms with Gasteiger partial charge < -0.3 is 14.3 Å². The van der Waals surface area contributed by atoms with Crippen LogP contribution in [-0.2, 0) is 6.42 Å². The Morgan fingerprint density at radius 3 is 2.60 bits per heavy atom. The fourth-order valence-corrected chi connectivity index (χ4v) is 1.99. The fourth-order valence-electron chi connectivity index (χ4n) is 1.30. The minimum absolute atomic E-state index is 0.480. The first-order chi connectivity index (χ1) is 7.24. The standard InChI is InChI=1S/C11H12BrNO2/c1-13-7-6-8-4-5-9(14-2)11(15-3)10(8)12/h4-5H,6-7H2,2-3H3. The van der Waals surface area contributed by atoms with Gasteiger partial charge in [0.2, 0.25) is 6.54 Å². The molecule has 0 saturated heterocycles. The molecule has 0 bridgehead atoms. The van der Waals surface area contributed by atoms with E-state index in [1.165, 1.54) is 0 Å². The van der Waals surface area contributed by atoms with E-state index < -0.39 is 0 Å². The molecule has 0 aliphatic rings. The number of hydrogen-bond acceptors (Lipinski definition) is 2. The number of ether oxygens (including phenoxy) is 2. The summed E-state index contributed by atoms with van der Waals surface area (Å²) in [5.74, 6) is 1.37. The van der Waals surface area contributed by atoms with Crippen molar-refractivity contribution in [2.75, 3.05) is 20.8 Å². The zero-order valence-corrected chi connectivity index (χ0v) is 10.3. The Morgan fingerprint density at radius 2 is 2.07 bits per heavy atom. The molecule has 4 heteroatoms. The predicted octanol–water partition coefficient (Wildman–Crippen LogP) is 2.93. The van der Waals surface area contributed by atoms with E-state index in [9.17, 15) is 0 Å². The van der Waals surface area contributed by atoms with E-state index in [0.29, 0.717) is 24.5 Å². The summed E-state index contributed by atoms with van der Waals surface area (Å²) in [5, 5.41) is 0. The van der Waals surface area contributed by atoms with Crippen LogP contribution in [0.5, 0.6) is 11.5 Å². The molecule has 1 rings (SSSR count). The van der Waals surface area contributed by atoms with Crippen LogP contribution in [0, 0.1) is 6.57 Å². The molecule has 1 aromatic rings. The van der Waals surface area contributed by atoms with Gasteiger partial charge in [-0.05, 0) is 27.6 Å². The van der Waals surface area contributed by atoms with Gasteiger partial charge in [0, 0.05) is 6.42 Å². The zero-order chi connectivity index (χ0) is 11.3. The number of nitrogens with zero attached hydrogens (tertiary/aromatic N) is 1. The first-order valence-corrected chi connectivity index (χ1v) is 5.26. The van der Waals surface area contributed by atoms with Crippen LogP contribution in [0.1, 0.15) is 5.56 Å². The van der Waals surface area contributed by atoms with Gasteiger partial charge in [0.25, 0.3) is 0 Å². The number of hydrogen-bond donors (Lipinski definition) is 0. The second-order valence-corrected chi connectivity index (χ2v) is 3.70. The fraction of sp³-hybridized carbons (Fsp3) is 0.364. The van der Waals surface area contributed by atoms with Gasteiger partial charge >= 0.3 is 0 Å². The number of methoxy groups -OCH3 is 2. The van der Waals surface area contributed by atoms with Gasteiger partial charge in [-0.3, -0.25) is 0 Å². The normalized spacial score (nSPS) is 9.47. The molecule has 0 atom stereocenters. The maximum atomic E-state index is 6.75. The molecule has 0 fully saturated rings. The third kappa shape index (κ3) is 2.63. The summed E-state index contributed by atoms with van der Waals surface area (Å²) >= 11 is 3.46. The molecule has 80 valence electrons. The van der Waals surface area contributed by atoms with Gasteiger partial charge in [-0.1, -0.05) is 6.07 Å². The van der Waals surface area contributed by atoms with Crippen LogP contribution in [0.4, 0.5) is 0 Å². The van der Waals surface area contributed by atoms with Crippen molar-refractivity contribution in [2.24, 2.45) is 0 Å². The smallest absolute Gasteiger partial charge is 0.218 e. The van der Waals surface area contributed by atoms with Gasteiger partial charge in [-0.15, -0.1) is 0 Å². The molecule has 0 heterocycles. The minimum atomic E-state index is 0.480. The zero-order valence-electron chi connectivity index (χ0n) is 8.71. The van der Waals surface area contributed by atoms with Crippen molar-refractivity contribution in [3.63, 3.8) is 0 Å². The monoisotopic (exact) mass is 269 g/mol. The quantitative estimate of drug-likeness (QED) is 0.785. The predicted molar refractivity (Wildman–Crippen MR) is 62.4 cm³/mol. The molecule has 15 heavy (non-hydrogen) atoms. The molecular weight excluding hydrogens is 258 g/mol. The maximum Gasteiger partial charge on any atom is 0.218 e. The molecule has 0 unspecified atom stereocenters. The van der Waals surface area contributed by atoms with Gasteiger partial charge in [-0.2, -0.15) is 0 Å². The number of halogens is 1. The first-order valence-electron chi connectivity index (χ1n) is 4.47. The Kier molecular flexibility index (Phi) is 4.44. The van der Waals surface area contributed by atoms with Gasteiger partial charge in [-0.25, -0.2) is 6.57 Å². The Bertz CT molecular complexity index is 385. The van der Waals surface area contributed by atoms with Crippen molar-refractivity contribution >= 4 is 15.9 Å². The van der Waals surface area contributed by atoms with E-state index in [4.69, 9.17) is 16.0 Å². The summed E-state index contributed by atoms with van der Waals surface area (Å²) < 4.78 is 11.3. The van der Waals surface area contributed by atoms with E-state index in [1.54, 1.807) is 14.2 Å². The molecule has 0 aliphatic heterocycles. The van der Waals surface area contributed by atoms with Crippen molar-refractivity contribution in [3.05, 3.63) is 33.6 Å². The third-order valence-electron chi connectivity index (χ3n) is 2.06. The highest BCUT2D eigenvalue weighted by Crippen LogP contribution is 2.37. The Hall–Kier alpha value is -1.21. The van der Waals surface area contributed by atoms with Gasteiger partial charge in [0.05, 0.1) is 18.7 Å². The SMILES string of the molecule is [C-]#[N+]CCc1ccc(OC)c(OC)c1Br. The van der Waals surface area contributed by atoms with Crippen LogP contribution < -0.4 is 9.47 Å². The largest absolute Gasteiger partial charge is 0.493 e. The Morgan fingerprint density at radius 1 is 1.33 bits per heavy atom. The van der Waals surface area contributed by atoms with Crippen LogP contribution in [0.15, 0.2) is 16.6 Å². The van der Waals surface area contributed by atoms with Crippen LogP contribution >= 0.6 is 15.9 Å². The molecule has 0 aliphatic carbocycles. The Balaban J connectivity index is 3.06. The molecule has 1 aromatic carbocycles. The highest BCUT2D eigenvalue weighted by Gasteiger charge is 2.12. The first kappa shape index (κ1) is 11.9. The maximum absolute atomic E-state index is 6.75. The van der Waals surface area contributed by atoms with Crippen LogP contribution in [0.25, 0.3) is 4.85 Å². The molecule has 0 saturated carbocycles. The van der Waals surface area contributed by atoms with Crippen LogP contribution in [0.2, 0.25) is 0 Å². The Labute approximate surface area is 98.0 Å². The van der Waals surface area contributed by atoms with Crippen molar-refractivity contribution < 1.29 is 9.47 Å². The van der Waals surface area contributed by atoms with Gasteiger partial charge in [0.1, 0.15) is 0 Å². The summed E-state index contributed by atoms with van der Waals surface area (Å²) in [4.78, 5) is 3.33. The summed E-state index contributed by atoms with van der Waals surface area (Å²) in [7, 11) is 3.20. The average Bonchev–Trinajstić information content (AvgIpc) is 2.27. The van der Waals surface area contributed by atoms with E-state index in [1.807, 2.05) is 12.1 Å². The molecule has 0 amide bonds. The molecule has 3 nitrogen and oxygen atoms in total. The molecular formula is C11H12BrNO2. The summed E-state index contributed by atoms with van der Waals surface area (Å²) in [6, 6.07) is 3.79. The van der Waals surface area contributed by atoms with E-state index in [2.05, 4.69) is 20.8 Å². The van der Waals surface area contributed by atoms with Crippen molar-refractivity contribution in [1.29, 1.82) is 0 Å². The number of rotatable bonds is 4. The van der Waals surface area contributed by atoms with Gasteiger partial charge in [0.15, 0.2) is 11.5 Å². The molecule has 0 N–H and O–H groups in total. The lowest BCUT2D eigenvalue weighted by atomic mass is 10.1. The molecule has 0 spiro atoms.